The standard InChI is InChI=1S/C13H17FO2S/c1-10(8-15)9-17-7-6-13(16)11-2-4-12(14)5-3-11/h2-5,10,15H,6-9H2,1H3. The number of aliphatic hydroxyl groups is 1. The normalized spacial score (nSPS) is 12.4. The van der Waals surface area contributed by atoms with E-state index < -0.39 is 0 Å². The van der Waals surface area contributed by atoms with Crippen molar-refractivity contribution in [2.24, 2.45) is 5.92 Å². The minimum absolute atomic E-state index is 0.0363. The largest absolute Gasteiger partial charge is 0.396 e. The Kier molecular flexibility index (Phi) is 6.22. The molecule has 94 valence electrons. The Bertz CT molecular complexity index is 351. The van der Waals surface area contributed by atoms with Crippen molar-refractivity contribution in [3.8, 4) is 0 Å². The van der Waals surface area contributed by atoms with E-state index in [9.17, 15) is 9.18 Å². The average Bonchev–Trinajstić information content (AvgIpc) is 2.34. The van der Waals surface area contributed by atoms with Crippen LogP contribution in [0.15, 0.2) is 24.3 Å². The molecule has 2 nitrogen and oxygen atoms in total. The summed E-state index contributed by atoms with van der Waals surface area (Å²) in [5.74, 6) is 1.57. The SMILES string of the molecule is CC(CO)CSCCC(=O)c1ccc(F)cc1. The summed E-state index contributed by atoms with van der Waals surface area (Å²) in [5.41, 5.74) is 0.558. The summed E-state index contributed by atoms with van der Waals surface area (Å²) in [7, 11) is 0. The number of carbonyl (C=O) groups excluding carboxylic acids is 1. The quantitative estimate of drug-likeness (QED) is 0.602. The Morgan fingerprint density at radius 2 is 2.06 bits per heavy atom. The molecule has 0 radical (unpaired) electrons. The van der Waals surface area contributed by atoms with E-state index in [1.807, 2.05) is 6.92 Å². The Morgan fingerprint density at radius 1 is 1.41 bits per heavy atom. The molecule has 0 aliphatic heterocycles. The lowest BCUT2D eigenvalue weighted by Gasteiger charge is -2.06. The smallest absolute Gasteiger partial charge is 0.163 e. The van der Waals surface area contributed by atoms with E-state index in [1.165, 1.54) is 24.3 Å². The summed E-state index contributed by atoms with van der Waals surface area (Å²) in [6.07, 6.45) is 0.453. The van der Waals surface area contributed by atoms with E-state index in [1.54, 1.807) is 11.8 Å². The second kappa shape index (κ2) is 7.45. The van der Waals surface area contributed by atoms with Gasteiger partial charge in [-0.3, -0.25) is 4.79 Å². The van der Waals surface area contributed by atoms with Gasteiger partial charge in [0.2, 0.25) is 0 Å². The minimum atomic E-state index is -0.326. The first kappa shape index (κ1) is 14.2. The van der Waals surface area contributed by atoms with Crippen molar-refractivity contribution >= 4 is 17.5 Å². The summed E-state index contributed by atoms with van der Waals surface area (Å²) in [6.45, 7) is 2.15. The summed E-state index contributed by atoms with van der Waals surface area (Å²) in [5, 5.41) is 8.83. The molecule has 1 unspecified atom stereocenters. The second-order valence-electron chi connectivity index (χ2n) is 4.04. The molecule has 0 saturated heterocycles. The fraction of sp³-hybridized carbons (Fsp3) is 0.462. The lowest BCUT2D eigenvalue weighted by molar-refractivity contribution is 0.0989. The number of rotatable bonds is 7. The van der Waals surface area contributed by atoms with Crippen LogP contribution in [0.25, 0.3) is 0 Å². The molecule has 1 aromatic rings. The first-order chi connectivity index (χ1) is 8.13. The molecule has 0 aliphatic carbocycles. The molecule has 17 heavy (non-hydrogen) atoms. The number of benzene rings is 1. The van der Waals surface area contributed by atoms with Gasteiger partial charge in [0.1, 0.15) is 5.82 Å². The Labute approximate surface area is 105 Å². The number of carbonyl (C=O) groups is 1. The molecule has 1 rings (SSSR count). The number of hydrogen-bond donors (Lipinski definition) is 1. The van der Waals surface area contributed by atoms with Crippen LogP contribution in [0, 0.1) is 11.7 Å². The lowest BCUT2D eigenvalue weighted by Crippen LogP contribution is -2.06. The molecule has 0 bridgehead atoms. The highest BCUT2D eigenvalue weighted by Crippen LogP contribution is 2.12. The third-order valence-electron chi connectivity index (χ3n) is 2.35. The number of hydrogen-bond acceptors (Lipinski definition) is 3. The van der Waals surface area contributed by atoms with Crippen LogP contribution in [-0.4, -0.2) is 29.0 Å². The molecule has 0 aromatic heterocycles. The Hall–Kier alpha value is -0.870. The van der Waals surface area contributed by atoms with Crippen LogP contribution in [0.2, 0.25) is 0 Å². The average molecular weight is 256 g/mol. The zero-order valence-electron chi connectivity index (χ0n) is 9.86. The van der Waals surface area contributed by atoms with E-state index in [0.717, 1.165) is 11.5 Å². The van der Waals surface area contributed by atoms with Gasteiger partial charge >= 0.3 is 0 Å². The van der Waals surface area contributed by atoms with Crippen LogP contribution in [0.4, 0.5) is 4.39 Å². The van der Waals surface area contributed by atoms with Crippen molar-refractivity contribution in [2.45, 2.75) is 13.3 Å². The van der Waals surface area contributed by atoms with Crippen molar-refractivity contribution in [3.05, 3.63) is 35.6 Å². The van der Waals surface area contributed by atoms with Gasteiger partial charge in [-0.1, -0.05) is 6.92 Å². The fourth-order valence-electron chi connectivity index (χ4n) is 1.28. The van der Waals surface area contributed by atoms with Crippen LogP contribution in [0.3, 0.4) is 0 Å². The molecule has 0 spiro atoms. The van der Waals surface area contributed by atoms with Crippen LogP contribution >= 0.6 is 11.8 Å². The molecular weight excluding hydrogens is 239 g/mol. The van der Waals surface area contributed by atoms with Crippen molar-refractivity contribution in [2.75, 3.05) is 18.1 Å². The Morgan fingerprint density at radius 3 is 2.65 bits per heavy atom. The van der Waals surface area contributed by atoms with Gasteiger partial charge in [-0.2, -0.15) is 11.8 Å². The van der Waals surface area contributed by atoms with Crippen molar-refractivity contribution in [1.82, 2.24) is 0 Å². The molecule has 0 amide bonds. The van der Waals surface area contributed by atoms with E-state index in [4.69, 9.17) is 5.11 Å². The summed E-state index contributed by atoms with van der Waals surface area (Å²) in [4.78, 5) is 11.7. The van der Waals surface area contributed by atoms with Gasteiger partial charge in [0.05, 0.1) is 0 Å². The van der Waals surface area contributed by atoms with Gasteiger partial charge in [0, 0.05) is 24.3 Å². The zero-order valence-corrected chi connectivity index (χ0v) is 10.7. The molecule has 4 heteroatoms. The van der Waals surface area contributed by atoms with Gasteiger partial charge in [-0.05, 0) is 35.9 Å². The number of ketones is 1. The first-order valence-electron chi connectivity index (χ1n) is 5.61. The molecule has 1 aromatic carbocycles. The number of halogens is 1. The summed E-state index contributed by atoms with van der Waals surface area (Å²) < 4.78 is 12.6. The van der Waals surface area contributed by atoms with Crippen LogP contribution < -0.4 is 0 Å². The predicted molar refractivity (Wildman–Crippen MR) is 68.9 cm³/mol. The molecule has 0 fully saturated rings. The summed E-state index contributed by atoms with van der Waals surface area (Å²) in [6, 6.07) is 5.62. The van der Waals surface area contributed by atoms with Gasteiger partial charge in [0.15, 0.2) is 5.78 Å². The fourth-order valence-corrected chi connectivity index (χ4v) is 2.29. The highest BCUT2D eigenvalue weighted by atomic mass is 32.2. The van der Waals surface area contributed by atoms with Crippen LogP contribution in [0.1, 0.15) is 23.7 Å². The minimum Gasteiger partial charge on any atom is -0.396 e. The van der Waals surface area contributed by atoms with Crippen molar-refractivity contribution in [1.29, 1.82) is 0 Å². The molecule has 0 heterocycles. The van der Waals surface area contributed by atoms with E-state index in [0.29, 0.717) is 12.0 Å². The van der Waals surface area contributed by atoms with Crippen molar-refractivity contribution < 1.29 is 14.3 Å². The number of aliphatic hydroxyl groups excluding tert-OH is 1. The topological polar surface area (TPSA) is 37.3 Å². The lowest BCUT2D eigenvalue weighted by atomic mass is 10.1. The second-order valence-corrected chi connectivity index (χ2v) is 5.19. The van der Waals surface area contributed by atoms with Gasteiger partial charge in [0.25, 0.3) is 0 Å². The predicted octanol–water partition coefficient (Wildman–Crippen LogP) is 2.76. The maximum absolute atomic E-state index is 12.6. The van der Waals surface area contributed by atoms with Gasteiger partial charge in [-0.25, -0.2) is 4.39 Å². The highest BCUT2D eigenvalue weighted by Gasteiger charge is 2.06. The maximum Gasteiger partial charge on any atom is 0.163 e. The molecule has 1 N–H and O–H groups in total. The van der Waals surface area contributed by atoms with Crippen molar-refractivity contribution in [3.63, 3.8) is 0 Å². The Balaban J connectivity index is 2.28. The third kappa shape index (κ3) is 5.33. The van der Waals surface area contributed by atoms with Crippen LogP contribution in [0.5, 0.6) is 0 Å². The zero-order chi connectivity index (χ0) is 12.7. The third-order valence-corrected chi connectivity index (χ3v) is 3.65. The molecular formula is C13H17FO2S. The first-order valence-corrected chi connectivity index (χ1v) is 6.76. The van der Waals surface area contributed by atoms with E-state index in [2.05, 4.69) is 0 Å². The highest BCUT2D eigenvalue weighted by molar-refractivity contribution is 7.99. The van der Waals surface area contributed by atoms with Crippen LogP contribution in [-0.2, 0) is 0 Å². The van der Waals surface area contributed by atoms with Gasteiger partial charge < -0.3 is 5.11 Å². The molecule has 0 aliphatic rings. The molecule has 0 saturated carbocycles. The number of thioether (sulfide) groups is 1. The monoisotopic (exact) mass is 256 g/mol. The number of Topliss-reactive ketones (excluding diaryl/α,β-unsaturated/α-hetero) is 1. The van der Waals surface area contributed by atoms with E-state index in [-0.39, 0.29) is 24.1 Å². The van der Waals surface area contributed by atoms with E-state index >= 15 is 0 Å². The maximum atomic E-state index is 12.6. The van der Waals surface area contributed by atoms with Gasteiger partial charge in [-0.15, -0.1) is 0 Å². The summed E-state index contributed by atoms with van der Waals surface area (Å²) >= 11 is 1.66. The molecule has 1 atom stereocenters.